The highest BCUT2D eigenvalue weighted by molar-refractivity contribution is 6.20. The molecule has 0 amide bonds. The summed E-state index contributed by atoms with van der Waals surface area (Å²) in [6.45, 7) is 0. The zero-order chi connectivity index (χ0) is 9.84. The van der Waals surface area contributed by atoms with Gasteiger partial charge in [0.15, 0.2) is 0 Å². The Bertz CT molecular complexity index is 289. The Labute approximate surface area is 82.4 Å². The van der Waals surface area contributed by atoms with Crippen LogP contribution in [0.25, 0.3) is 0 Å². The minimum Gasteiger partial charge on any atom is -0.497 e. The van der Waals surface area contributed by atoms with Crippen LogP contribution in [0.4, 0.5) is 0 Å². The SMILES string of the molecule is COc1ccc(OC)c(C(N)Cl)c1. The second-order valence-electron chi connectivity index (χ2n) is 2.51. The Balaban J connectivity index is 3.10. The van der Waals surface area contributed by atoms with E-state index in [0.717, 1.165) is 5.56 Å². The van der Waals surface area contributed by atoms with E-state index in [-0.39, 0.29) is 0 Å². The molecule has 0 saturated heterocycles. The first-order valence-corrected chi connectivity index (χ1v) is 4.24. The van der Waals surface area contributed by atoms with Crippen LogP contribution in [0.15, 0.2) is 18.2 Å². The summed E-state index contributed by atoms with van der Waals surface area (Å²) in [5.74, 6) is 1.38. The highest BCUT2D eigenvalue weighted by Crippen LogP contribution is 2.29. The van der Waals surface area contributed by atoms with Crippen molar-refractivity contribution in [2.45, 2.75) is 5.50 Å². The van der Waals surface area contributed by atoms with Crippen LogP contribution in [0.2, 0.25) is 0 Å². The van der Waals surface area contributed by atoms with Crippen molar-refractivity contribution in [1.29, 1.82) is 0 Å². The molecule has 0 aromatic heterocycles. The molecule has 0 aliphatic heterocycles. The Kier molecular flexibility index (Phi) is 3.39. The predicted octanol–water partition coefficient (Wildman–Crippen LogP) is 1.90. The third kappa shape index (κ3) is 2.26. The van der Waals surface area contributed by atoms with Gasteiger partial charge in [-0.15, -0.1) is 11.6 Å². The number of nitrogens with two attached hydrogens (primary N) is 1. The van der Waals surface area contributed by atoms with E-state index in [4.69, 9.17) is 26.8 Å². The lowest BCUT2D eigenvalue weighted by Gasteiger charge is -2.11. The largest absolute Gasteiger partial charge is 0.497 e. The molecule has 72 valence electrons. The molecule has 0 radical (unpaired) electrons. The highest BCUT2D eigenvalue weighted by Gasteiger charge is 2.09. The van der Waals surface area contributed by atoms with Crippen molar-refractivity contribution < 1.29 is 9.47 Å². The van der Waals surface area contributed by atoms with Crippen molar-refractivity contribution in [2.24, 2.45) is 5.73 Å². The Hall–Kier alpha value is -0.930. The van der Waals surface area contributed by atoms with Crippen LogP contribution in [-0.2, 0) is 0 Å². The van der Waals surface area contributed by atoms with Gasteiger partial charge in [0.1, 0.15) is 17.0 Å². The number of benzene rings is 1. The molecule has 0 bridgehead atoms. The fraction of sp³-hybridized carbons (Fsp3) is 0.333. The molecular formula is C9H12ClNO2. The van der Waals surface area contributed by atoms with Crippen LogP contribution >= 0.6 is 11.6 Å². The maximum absolute atomic E-state index is 5.76. The van der Waals surface area contributed by atoms with E-state index in [0.29, 0.717) is 11.5 Å². The third-order valence-electron chi connectivity index (χ3n) is 1.73. The van der Waals surface area contributed by atoms with E-state index >= 15 is 0 Å². The van der Waals surface area contributed by atoms with E-state index < -0.39 is 5.50 Å². The molecule has 0 heterocycles. The molecule has 0 saturated carbocycles. The molecule has 13 heavy (non-hydrogen) atoms. The minimum atomic E-state index is -0.579. The number of rotatable bonds is 3. The third-order valence-corrected chi connectivity index (χ3v) is 1.97. The topological polar surface area (TPSA) is 44.5 Å². The molecule has 1 rings (SSSR count). The number of hydrogen-bond donors (Lipinski definition) is 1. The van der Waals surface area contributed by atoms with Crippen molar-refractivity contribution in [3.05, 3.63) is 23.8 Å². The summed E-state index contributed by atoms with van der Waals surface area (Å²) in [6, 6.07) is 5.33. The minimum absolute atomic E-state index is 0.579. The van der Waals surface area contributed by atoms with Crippen LogP contribution in [0.3, 0.4) is 0 Å². The average Bonchev–Trinajstić information content (AvgIpc) is 2.16. The number of methoxy groups -OCH3 is 2. The molecule has 0 aliphatic rings. The van der Waals surface area contributed by atoms with Gasteiger partial charge in [-0.1, -0.05) is 0 Å². The van der Waals surface area contributed by atoms with Crippen molar-refractivity contribution in [3.8, 4) is 11.5 Å². The first-order valence-electron chi connectivity index (χ1n) is 3.80. The fourth-order valence-corrected chi connectivity index (χ4v) is 1.23. The van der Waals surface area contributed by atoms with Gasteiger partial charge in [-0.25, -0.2) is 0 Å². The monoisotopic (exact) mass is 201 g/mol. The van der Waals surface area contributed by atoms with Crippen LogP contribution in [-0.4, -0.2) is 14.2 Å². The standard InChI is InChI=1S/C9H12ClNO2/c1-12-6-3-4-8(13-2)7(5-6)9(10)11/h3-5,9H,11H2,1-2H3. The first kappa shape index (κ1) is 10.2. The normalized spacial score (nSPS) is 12.3. The van der Waals surface area contributed by atoms with Gasteiger partial charge in [-0.3, -0.25) is 0 Å². The maximum atomic E-state index is 5.76. The number of alkyl halides is 1. The van der Waals surface area contributed by atoms with Crippen molar-refractivity contribution in [2.75, 3.05) is 14.2 Å². The lowest BCUT2D eigenvalue weighted by molar-refractivity contribution is 0.398. The zero-order valence-electron chi connectivity index (χ0n) is 7.58. The molecular weight excluding hydrogens is 190 g/mol. The highest BCUT2D eigenvalue weighted by atomic mass is 35.5. The first-order chi connectivity index (χ1) is 6.19. The zero-order valence-corrected chi connectivity index (χ0v) is 8.34. The summed E-state index contributed by atoms with van der Waals surface area (Å²) in [6.07, 6.45) is 0. The number of ether oxygens (including phenoxy) is 2. The molecule has 1 unspecified atom stereocenters. The molecule has 2 N–H and O–H groups in total. The summed E-state index contributed by atoms with van der Waals surface area (Å²) in [4.78, 5) is 0. The van der Waals surface area contributed by atoms with Gasteiger partial charge in [0.2, 0.25) is 0 Å². The predicted molar refractivity (Wildman–Crippen MR) is 52.3 cm³/mol. The Morgan fingerprint density at radius 3 is 2.46 bits per heavy atom. The number of hydrogen-bond acceptors (Lipinski definition) is 3. The summed E-state index contributed by atoms with van der Waals surface area (Å²) in [7, 11) is 3.16. The summed E-state index contributed by atoms with van der Waals surface area (Å²) >= 11 is 5.76. The van der Waals surface area contributed by atoms with Gasteiger partial charge < -0.3 is 15.2 Å². The Morgan fingerprint density at radius 1 is 1.31 bits per heavy atom. The second-order valence-corrected chi connectivity index (χ2v) is 2.98. The van der Waals surface area contributed by atoms with Crippen LogP contribution in [0, 0.1) is 0 Å². The van der Waals surface area contributed by atoms with E-state index in [1.165, 1.54) is 0 Å². The molecule has 3 nitrogen and oxygen atoms in total. The fourth-order valence-electron chi connectivity index (χ4n) is 1.05. The molecule has 4 heteroatoms. The summed E-state index contributed by atoms with van der Waals surface area (Å²) in [5, 5.41) is 0. The van der Waals surface area contributed by atoms with Crippen molar-refractivity contribution >= 4 is 11.6 Å². The van der Waals surface area contributed by atoms with Crippen LogP contribution in [0.5, 0.6) is 11.5 Å². The van der Waals surface area contributed by atoms with Gasteiger partial charge in [-0.05, 0) is 18.2 Å². The summed E-state index contributed by atoms with van der Waals surface area (Å²) in [5.41, 5.74) is 5.69. The van der Waals surface area contributed by atoms with Gasteiger partial charge in [-0.2, -0.15) is 0 Å². The van der Waals surface area contributed by atoms with Gasteiger partial charge >= 0.3 is 0 Å². The van der Waals surface area contributed by atoms with E-state index in [1.807, 2.05) is 0 Å². The molecule has 1 aromatic rings. The van der Waals surface area contributed by atoms with Gasteiger partial charge in [0.05, 0.1) is 14.2 Å². The quantitative estimate of drug-likeness (QED) is 0.600. The van der Waals surface area contributed by atoms with E-state index in [2.05, 4.69) is 0 Å². The van der Waals surface area contributed by atoms with Crippen LogP contribution < -0.4 is 15.2 Å². The van der Waals surface area contributed by atoms with Crippen molar-refractivity contribution in [3.63, 3.8) is 0 Å². The van der Waals surface area contributed by atoms with Crippen molar-refractivity contribution in [1.82, 2.24) is 0 Å². The molecule has 0 aliphatic carbocycles. The average molecular weight is 202 g/mol. The van der Waals surface area contributed by atoms with E-state index in [9.17, 15) is 0 Å². The van der Waals surface area contributed by atoms with Crippen LogP contribution in [0.1, 0.15) is 11.1 Å². The van der Waals surface area contributed by atoms with Gasteiger partial charge in [0.25, 0.3) is 0 Å². The lowest BCUT2D eigenvalue weighted by atomic mass is 10.2. The Morgan fingerprint density at radius 2 is 2.00 bits per heavy atom. The molecule has 1 aromatic carbocycles. The summed E-state index contributed by atoms with van der Waals surface area (Å²) < 4.78 is 10.1. The molecule has 0 spiro atoms. The maximum Gasteiger partial charge on any atom is 0.125 e. The molecule has 1 atom stereocenters. The smallest absolute Gasteiger partial charge is 0.125 e. The lowest BCUT2D eigenvalue weighted by Crippen LogP contribution is -2.04. The van der Waals surface area contributed by atoms with Gasteiger partial charge in [0, 0.05) is 5.56 Å². The number of halogens is 1. The second kappa shape index (κ2) is 4.35. The van der Waals surface area contributed by atoms with E-state index in [1.54, 1.807) is 32.4 Å². The molecule has 0 fully saturated rings.